The summed E-state index contributed by atoms with van der Waals surface area (Å²) in [6.45, 7) is 0. The van der Waals surface area contributed by atoms with E-state index in [0.717, 1.165) is 5.69 Å². The van der Waals surface area contributed by atoms with Crippen molar-refractivity contribution in [2.45, 2.75) is 0 Å². The fourth-order valence-electron chi connectivity index (χ4n) is 2.33. The number of amides is 1. The Morgan fingerprint density at radius 1 is 0.926 bits per heavy atom. The number of nitrogens with zero attached hydrogens (tertiary/aromatic N) is 1. The number of pyridine rings is 1. The molecule has 6 nitrogen and oxygen atoms in total. The van der Waals surface area contributed by atoms with Crippen LogP contribution in [0.15, 0.2) is 66.9 Å². The molecule has 0 aliphatic carbocycles. The first-order chi connectivity index (χ1) is 13.0. The fourth-order valence-corrected chi connectivity index (χ4v) is 2.46. The number of halogens is 1. The van der Waals surface area contributed by atoms with Crippen molar-refractivity contribution in [3.63, 3.8) is 0 Å². The van der Waals surface area contributed by atoms with Gasteiger partial charge in [-0.05, 0) is 60.7 Å². The largest absolute Gasteiger partial charge is 0.465 e. The van der Waals surface area contributed by atoms with Crippen LogP contribution in [0.1, 0.15) is 20.8 Å². The molecule has 27 heavy (non-hydrogen) atoms. The first-order valence-corrected chi connectivity index (χ1v) is 8.41. The minimum Gasteiger partial charge on any atom is -0.465 e. The second-order valence-electron chi connectivity index (χ2n) is 5.58. The lowest BCUT2D eigenvalue weighted by molar-refractivity contribution is 0.0600. The van der Waals surface area contributed by atoms with Gasteiger partial charge in [0.25, 0.3) is 5.91 Å². The lowest BCUT2D eigenvalue weighted by atomic mass is 10.2. The maximum absolute atomic E-state index is 12.4. The standard InChI is InChI=1S/C20H16ClN3O3/c1-27-20(26)13-2-6-15(7-3-13)23-17-10-11-22-18(12-17)19(25)24-16-8-4-14(21)5-9-16/h2-12H,1H3,(H,22,23)(H,24,25). The average Bonchev–Trinajstić information content (AvgIpc) is 2.70. The zero-order valence-corrected chi connectivity index (χ0v) is 15.2. The van der Waals surface area contributed by atoms with E-state index < -0.39 is 5.97 Å². The molecule has 7 heteroatoms. The van der Waals surface area contributed by atoms with Crippen molar-refractivity contribution in [1.29, 1.82) is 0 Å². The fraction of sp³-hybridized carbons (Fsp3) is 0.0500. The van der Waals surface area contributed by atoms with Crippen molar-refractivity contribution < 1.29 is 14.3 Å². The molecule has 1 heterocycles. The lowest BCUT2D eigenvalue weighted by Gasteiger charge is -2.09. The van der Waals surface area contributed by atoms with Gasteiger partial charge in [0.05, 0.1) is 12.7 Å². The van der Waals surface area contributed by atoms with Crippen LogP contribution in [0.3, 0.4) is 0 Å². The molecule has 3 rings (SSSR count). The summed E-state index contributed by atoms with van der Waals surface area (Å²) in [7, 11) is 1.34. The Bertz CT molecular complexity index is 957. The molecule has 1 amide bonds. The van der Waals surface area contributed by atoms with Crippen LogP contribution < -0.4 is 10.6 Å². The first kappa shape index (κ1) is 18.4. The van der Waals surface area contributed by atoms with Crippen LogP contribution in [0.4, 0.5) is 17.1 Å². The van der Waals surface area contributed by atoms with E-state index in [1.54, 1.807) is 66.9 Å². The number of rotatable bonds is 5. The molecule has 0 fully saturated rings. The summed E-state index contributed by atoms with van der Waals surface area (Å²) in [4.78, 5) is 27.9. The van der Waals surface area contributed by atoms with Crippen LogP contribution >= 0.6 is 11.6 Å². The van der Waals surface area contributed by atoms with E-state index in [4.69, 9.17) is 11.6 Å². The van der Waals surface area contributed by atoms with Gasteiger partial charge < -0.3 is 15.4 Å². The van der Waals surface area contributed by atoms with Gasteiger partial charge in [0.15, 0.2) is 0 Å². The van der Waals surface area contributed by atoms with Crippen LogP contribution in [-0.4, -0.2) is 24.0 Å². The molecule has 1 aromatic heterocycles. The number of benzene rings is 2. The smallest absolute Gasteiger partial charge is 0.337 e. The number of methoxy groups -OCH3 is 1. The number of hydrogen-bond donors (Lipinski definition) is 2. The quantitative estimate of drug-likeness (QED) is 0.635. The monoisotopic (exact) mass is 381 g/mol. The van der Waals surface area contributed by atoms with E-state index in [0.29, 0.717) is 22.0 Å². The van der Waals surface area contributed by atoms with Gasteiger partial charge in [-0.3, -0.25) is 9.78 Å². The number of aromatic nitrogens is 1. The van der Waals surface area contributed by atoms with Crippen molar-refractivity contribution in [2.75, 3.05) is 17.7 Å². The molecular weight excluding hydrogens is 366 g/mol. The summed E-state index contributed by atoms with van der Waals surface area (Å²) in [5, 5.41) is 6.52. The number of nitrogens with one attached hydrogen (secondary N) is 2. The maximum atomic E-state index is 12.4. The van der Waals surface area contributed by atoms with Gasteiger partial charge in [0, 0.05) is 28.3 Å². The number of esters is 1. The Hall–Kier alpha value is -3.38. The number of carbonyl (C=O) groups is 2. The van der Waals surface area contributed by atoms with Crippen molar-refractivity contribution in [3.05, 3.63) is 83.1 Å². The SMILES string of the molecule is COC(=O)c1ccc(Nc2ccnc(C(=O)Nc3ccc(Cl)cc3)c2)cc1. The van der Waals surface area contributed by atoms with Gasteiger partial charge in [0.1, 0.15) is 5.69 Å². The summed E-state index contributed by atoms with van der Waals surface area (Å²) in [5.74, 6) is -0.728. The van der Waals surface area contributed by atoms with E-state index in [1.165, 1.54) is 7.11 Å². The third-order valence-electron chi connectivity index (χ3n) is 3.69. The summed E-state index contributed by atoms with van der Waals surface area (Å²) >= 11 is 5.84. The minimum atomic E-state index is -0.397. The Balaban J connectivity index is 1.70. The highest BCUT2D eigenvalue weighted by molar-refractivity contribution is 6.30. The molecule has 0 radical (unpaired) electrons. The topological polar surface area (TPSA) is 80.3 Å². The Labute approximate surface area is 161 Å². The third-order valence-corrected chi connectivity index (χ3v) is 3.94. The maximum Gasteiger partial charge on any atom is 0.337 e. The first-order valence-electron chi connectivity index (χ1n) is 8.03. The highest BCUT2D eigenvalue weighted by Gasteiger charge is 2.09. The van der Waals surface area contributed by atoms with Gasteiger partial charge in [-0.1, -0.05) is 11.6 Å². The zero-order valence-electron chi connectivity index (χ0n) is 14.4. The molecule has 2 aromatic carbocycles. The average molecular weight is 382 g/mol. The van der Waals surface area contributed by atoms with Gasteiger partial charge >= 0.3 is 5.97 Å². The van der Waals surface area contributed by atoms with Gasteiger partial charge in [-0.25, -0.2) is 4.79 Å². The lowest BCUT2D eigenvalue weighted by Crippen LogP contribution is -2.13. The Morgan fingerprint density at radius 2 is 1.59 bits per heavy atom. The molecule has 0 aliphatic rings. The van der Waals surface area contributed by atoms with Crippen LogP contribution in [0, 0.1) is 0 Å². The summed E-state index contributed by atoms with van der Waals surface area (Å²) in [6, 6.07) is 17.0. The van der Waals surface area contributed by atoms with Crippen molar-refractivity contribution in [1.82, 2.24) is 4.98 Å². The third kappa shape index (κ3) is 4.83. The predicted molar refractivity (Wildman–Crippen MR) is 105 cm³/mol. The van der Waals surface area contributed by atoms with E-state index in [1.807, 2.05) is 0 Å². The molecule has 3 aromatic rings. The van der Waals surface area contributed by atoms with Crippen LogP contribution in [-0.2, 0) is 4.74 Å². The normalized spacial score (nSPS) is 10.1. The number of hydrogen-bond acceptors (Lipinski definition) is 5. The highest BCUT2D eigenvalue weighted by Crippen LogP contribution is 2.19. The summed E-state index contributed by atoms with van der Waals surface area (Å²) in [5.41, 5.74) is 2.81. The number of carbonyl (C=O) groups excluding carboxylic acids is 2. The molecule has 0 saturated carbocycles. The van der Waals surface area contributed by atoms with Crippen molar-refractivity contribution >= 4 is 40.5 Å². The van der Waals surface area contributed by atoms with Crippen LogP contribution in [0.2, 0.25) is 5.02 Å². The van der Waals surface area contributed by atoms with Gasteiger partial charge in [-0.2, -0.15) is 0 Å². The summed E-state index contributed by atoms with van der Waals surface area (Å²) in [6.07, 6.45) is 1.54. The Kier molecular flexibility index (Phi) is 5.68. The van der Waals surface area contributed by atoms with E-state index >= 15 is 0 Å². The molecular formula is C20H16ClN3O3. The van der Waals surface area contributed by atoms with E-state index in [9.17, 15) is 9.59 Å². The molecule has 136 valence electrons. The molecule has 0 unspecified atom stereocenters. The second kappa shape index (κ2) is 8.33. The van der Waals surface area contributed by atoms with E-state index in [-0.39, 0.29) is 11.6 Å². The van der Waals surface area contributed by atoms with Crippen LogP contribution in [0.25, 0.3) is 0 Å². The highest BCUT2D eigenvalue weighted by atomic mass is 35.5. The molecule has 0 atom stereocenters. The zero-order chi connectivity index (χ0) is 19.2. The Morgan fingerprint density at radius 3 is 2.26 bits per heavy atom. The van der Waals surface area contributed by atoms with Gasteiger partial charge in [-0.15, -0.1) is 0 Å². The molecule has 0 spiro atoms. The van der Waals surface area contributed by atoms with Crippen molar-refractivity contribution in [3.8, 4) is 0 Å². The summed E-state index contributed by atoms with van der Waals surface area (Å²) < 4.78 is 4.67. The molecule has 2 N–H and O–H groups in total. The van der Waals surface area contributed by atoms with Crippen molar-refractivity contribution in [2.24, 2.45) is 0 Å². The van der Waals surface area contributed by atoms with Gasteiger partial charge in [0.2, 0.25) is 0 Å². The molecule has 0 aliphatic heterocycles. The molecule has 0 saturated heterocycles. The number of ether oxygens (including phenoxy) is 1. The predicted octanol–water partition coefficient (Wildman–Crippen LogP) is 4.52. The number of anilines is 3. The van der Waals surface area contributed by atoms with Crippen LogP contribution in [0.5, 0.6) is 0 Å². The van der Waals surface area contributed by atoms with E-state index in [2.05, 4.69) is 20.4 Å². The molecule has 0 bridgehead atoms. The second-order valence-corrected chi connectivity index (χ2v) is 6.02. The minimum absolute atomic E-state index is 0.265.